The molecule has 3 N–H and O–H groups in total. The van der Waals surface area contributed by atoms with E-state index in [-0.39, 0.29) is 45.9 Å². The Balaban J connectivity index is 1.50. The molecule has 38 heavy (non-hydrogen) atoms. The van der Waals surface area contributed by atoms with Crippen LogP contribution in [0.4, 0.5) is 0 Å². The van der Waals surface area contributed by atoms with E-state index in [0.717, 1.165) is 5.56 Å². The number of nitrogens with zero attached hydrogens (tertiary/aromatic N) is 1. The topological polar surface area (TPSA) is 135 Å². The number of aryl methyl sites for hydroxylation is 1. The third kappa shape index (κ3) is 3.52. The van der Waals surface area contributed by atoms with Crippen LogP contribution in [-0.2, 0) is 14.2 Å². The molecule has 0 unspecified atom stereocenters. The van der Waals surface area contributed by atoms with Crippen molar-refractivity contribution in [3.63, 3.8) is 0 Å². The number of benzene rings is 2. The summed E-state index contributed by atoms with van der Waals surface area (Å²) in [5.41, 5.74) is 1.97. The van der Waals surface area contributed by atoms with Crippen molar-refractivity contribution in [1.82, 2.24) is 4.90 Å². The number of Topliss-reactive ketones (excluding diaryl/α,β-unsaturated/α-hetero) is 2. The van der Waals surface area contributed by atoms with Gasteiger partial charge in [0, 0.05) is 30.2 Å². The zero-order chi connectivity index (χ0) is 27.0. The van der Waals surface area contributed by atoms with E-state index in [1.54, 1.807) is 36.1 Å². The molecule has 1 aliphatic carbocycles. The number of ether oxygens (including phenoxy) is 4. The number of phenols is 1. The fourth-order valence-electron chi connectivity index (χ4n) is 5.98. The lowest BCUT2D eigenvalue weighted by molar-refractivity contribution is -0.216. The van der Waals surface area contributed by atoms with Crippen molar-refractivity contribution >= 4 is 17.1 Å². The van der Waals surface area contributed by atoms with Crippen LogP contribution in [0.3, 0.4) is 0 Å². The van der Waals surface area contributed by atoms with E-state index in [4.69, 9.17) is 18.9 Å². The van der Waals surface area contributed by atoms with Gasteiger partial charge in [0.25, 0.3) is 0 Å². The maximum absolute atomic E-state index is 14.3. The van der Waals surface area contributed by atoms with Gasteiger partial charge in [0.05, 0.1) is 23.3 Å². The predicted molar refractivity (Wildman–Crippen MR) is 132 cm³/mol. The number of aromatic hydroxyl groups is 1. The van der Waals surface area contributed by atoms with Crippen molar-refractivity contribution in [3.05, 3.63) is 63.8 Å². The summed E-state index contributed by atoms with van der Waals surface area (Å²) in [6, 6.07) is 8.11. The average Bonchev–Trinajstić information content (AvgIpc) is 3.21. The van der Waals surface area contributed by atoms with Gasteiger partial charge < -0.3 is 39.2 Å². The number of carbonyl (C=O) groups excluding carboxylic acids is 2. The summed E-state index contributed by atoms with van der Waals surface area (Å²) < 4.78 is 23.6. The Labute approximate surface area is 219 Å². The molecular weight excluding hydrogens is 494 g/mol. The molecule has 3 heterocycles. The Hall–Kier alpha value is -3.28. The number of rotatable bonds is 3. The van der Waals surface area contributed by atoms with Crippen LogP contribution in [0.2, 0.25) is 0 Å². The maximum atomic E-state index is 14.3. The Morgan fingerprint density at radius 1 is 1.03 bits per heavy atom. The molecule has 10 nitrogen and oxygen atoms in total. The number of allylic oxidation sites excluding steroid dienone is 2. The molecule has 7 atom stereocenters. The summed E-state index contributed by atoms with van der Waals surface area (Å²) in [4.78, 5) is 30.0. The van der Waals surface area contributed by atoms with Crippen LogP contribution in [0.5, 0.6) is 11.5 Å². The zero-order valence-electron chi connectivity index (χ0n) is 21.4. The molecule has 0 amide bonds. The quantitative estimate of drug-likeness (QED) is 0.551. The molecule has 10 heteroatoms. The van der Waals surface area contributed by atoms with Crippen LogP contribution < -0.4 is 4.74 Å². The first-order chi connectivity index (χ1) is 18.1. The number of carbonyl (C=O) groups is 2. The molecule has 200 valence electrons. The van der Waals surface area contributed by atoms with Crippen LogP contribution in [0.1, 0.15) is 63.9 Å². The van der Waals surface area contributed by atoms with Crippen molar-refractivity contribution in [2.75, 3.05) is 7.11 Å². The number of phenolic OH excluding ortho intramolecular Hbond substituents is 1. The highest BCUT2D eigenvalue weighted by Gasteiger charge is 2.53. The standard InChI is InChI=1S/C28H29NO9/c1-11-8-15-20(16(30)9-11)22-23(29-27(35-4)13(3)37-28(15)29)26(34)21-14(25(22)33)6-5-7-18(21)38-19-10-17(31)24(32)12(2)36-19/h5-9,12-13,17,19,24,27-28,30-32H,10H2,1-4H3/t12-,13+,17+,19-,24-,27+,28-/m0/s1. The molecule has 0 radical (unpaired) electrons. The van der Waals surface area contributed by atoms with E-state index in [0.29, 0.717) is 5.56 Å². The molecule has 2 saturated heterocycles. The molecular formula is C28H29NO9. The van der Waals surface area contributed by atoms with E-state index >= 15 is 0 Å². The van der Waals surface area contributed by atoms with Gasteiger partial charge in [-0.1, -0.05) is 18.2 Å². The molecule has 2 fully saturated rings. The molecule has 0 saturated carbocycles. The minimum absolute atomic E-state index is 0.0167. The second-order valence-corrected chi connectivity index (χ2v) is 10.2. The molecule has 4 aliphatic rings. The monoisotopic (exact) mass is 523 g/mol. The highest BCUT2D eigenvalue weighted by Crippen LogP contribution is 2.53. The number of fused-ring (bicyclic) bond motifs is 6. The van der Waals surface area contributed by atoms with Gasteiger partial charge in [-0.2, -0.15) is 0 Å². The fourth-order valence-corrected chi connectivity index (χ4v) is 5.98. The normalized spacial score (nSPS) is 32.1. The lowest BCUT2D eigenvalue weighted by Crippen LogP contribution is -2.48. The van der Waals surface area contributed by atoms with Crippen LogP contribution >= 0.6 is 0 Å². The second kappa shape index (κ2) is 8.89. The minimum atomic E-state index is -1.07. The molecule has 0 spiro atoms. The van der Waals surface area contributed by atoms with Gasteiger partial charge in [-0.15, -0.1) is 0 Å². The van der Waals surface area contributed by atoms with Crippen LogP contribution in [0, 0.1) is 6.92 Å². The number of hydrogen-bond donors (Lipinski definition) is 3. The van der Waals surface area contributed by atoms with Gasteiger partial charge in [0.2, 0.25) is 12.1 Å². The highest BCUT2D eigenvalue weighted by molar-refractivity contribution is 6.41. The second-order valence-electron chi connectivity index (χ2n) is 10.2. The Morgan fingerprint density at radius 2 is 1.79 bits per heavy atom. The number of aliphatic hydroxyl groups excluding tert-OH is 2. The minimum Gasteiger partial charge on any atom is -0.507 e. The predicted octanol–water partition coefficient (Wildman–Crippen LogP) is 2.43. The third-order valence-corrected chi connectivity index (χ3v) is 7.69. The number of ketones is 2. The third-order valence-electron chi connectivity index (χ3n) is 7.69. The summed E-state index contributed by atoms with van der Waals surface area (Å²) in [7, 11) is 1.51. The van der Waals surface area contributed by atoms with Gasteiger partial charge in [0.15, 0.2) is 18.2 Å². The molecule has 0 aromatic heterocycles. The first kappa shape index (κ1) is 25.0. The van der Waals surface area contributed by atoms with Crippen molar-refractivity contribution in [1.29, 1.82) is 0 Å². The summed E-state index contributed by atoms with van der Waals surface area (Å²) in [5, 5.41) is 31.2. The number of methoxy groups -OCH3 is 1. The lowest BCUT2D eigenvalue weighted by atomic mass is 9.78. The summed E-state index contributed by atoms with van der Waals surface area (Å²) in [6.45, 7) is 5.27. The van der Waals surface area contributed by atoms with Gasteiger partial charge in [-0.05, 0) is 38.5 Å². The summed E-state index contributed by atoms with van der Waals surface area (Å²) in [6.07, 6.45) is -5.63. The number of hydrogen-bond acceptors (Lipinski definition) is 10. The van der Waals surface area contributed by atoms with Crippen molar-refractivity contribution in [2.45, 2.75) is 70.4 Å². The van der Waals surface area contributed by atoms with Gasteiger partial charge in [-0.3, -0.25) is 9.59 Å². The van der Waals surface area contributed by atoms with Crippen molar-refractivity contribution < 1.29 is 43.9 Å². The zero-order valence-corrected chi connectivity index (χ0v) is 21.4. The SMILES string of the molecule is CO[C@@H]1[C@@H](C)O[C@H]2c3cc(C)cc(O)c3C3=C(C(=O)c4c(O[C@H]5C[C@@H](O)[C@@H](O)[C@H](C)O5)cccc4C3=O)N12. The molecule has 3 aliphatic heterocycles. The first-order valence-electron chi connectivity index (χ1n) is 12.6. The molecule has 2 aromatic carbocycles. The van der Waals surface area contributed by atoms with E-state index in [1.807, 2.05) is 19.9 Å². The molecule has 2 aromatic rings. The first-order valence-corrected chi connectivity index (χ1v) is 12.6. The Morgan fingerprint density at radius 3 is 2.50 bits per heavy atom. The van der Waals surface area contributed by atoms with Crippen molar-refractivity contribution in [3.8, 4) is 11.5 Å². The summed E-state index contributed by atoms with van der Waals surface area (Å²) >= 11 is 0. The van der Waals surface area contributed by atoms with Crippen LogP contribution in [-0.4, -0.2) is 75.8 Å². The van der Waals surface area contributed by atoms with Crippen molar-refractivity contribution in [2.24, 2.45) is 0 Å². The Kier molecular flexibility index (Phi) is 5.85. The van der Waals surface area contributed by atoms with Gasteiger partial charge >= 0.3 is 0 Å². The van der Waals surface area contributed by atoms with Crippen LogP contribution in [0.25, 0.3) is 5.57 Å². The maximum Gasteiger partial charge on any atom is 0.214 e. The smallest absolute Gasteiger partial charge is 0.214 e. The van der Waals surface area contributed by atoms with E-state index in [9.17, 15) is 24.9 Å². The molecule has 6 rings (SSSR count). The average molecular weight is 524 g/mol. The molecule has 0 bridgehead atoms. The largest absolute Gasteiger partial charge is 0.507 e. The Bertz CT molecular complexity index is 1370. The van der Waals surface area contributed by atoms with E-state index < -0.39 is 54.7 Å². The lowest BCUT2D eigenvalue weighted by Gasteiger charge is -2.40. The van der Waals surface area contributed by atoms with Gasteiger partial charge in [-0.25, -0.2) is 0 Å². The van der Waals surface area contributed by atoms with E-state index in [2.05, 4.69) is 0 Å². The summed E-state index contributed by atoms with van der Waals surface area (Å²) in [5.74, 6) is -0.920. The fraction of sp³-hybridized carbons (Fsp3) is 0.429. The van der Waals surface area contributed by atoms with Gasteiger partial charge in [0.1, 0.15) is 29.4 Å². The highest BCUT2D eigenvalue weighted by atomic mass is 16.7. The number of aliphatic hydroxyl groups is 2. The van der Waals surface area contributed by atoms with Crippen LogP contribution in [0.15, 0.2) is 36.0 Å². The van der Waals surface area contributed by atoms with E-state index in [1.165, 1.54) is 7.11 Å².